The van der Waals surface area contributed by atoms with Crippen LogP contribution in [0.3, 0.4) is 0 Å². The minimum Gasteiger partial charge on any atom is -0.278 e. The van der Waals surface area contributed by atoms with Gasteiger partial charge in [0.05, 0.1) is 27.5 Å². The number of halogens is 3. The first kappa shape index (κ1) is 27.3. The maximum absolute atomic E-state index is 14.0. The molecule has 0 bridgehead atoms. The van der Waals surface area contributed by atoms with Crippen LogP contribution in [0.25, 0.3) is 78.0 Å². The van der Waals surface area contributed by atoms with Crippen molar-refractivity contribution in [3.8, 4) is 50.2 Å². The molecule has 8 aromatic rings. The van der Waals surface area contributed by atoms with Gasteiger partial charge in [0.1, 0.15) is 0 Å². The molecule has 9 rings (SSSR count). The Morgan fingerprint density at radius 2 is 1.06 bits per heavy atom. The number of benzene rings is 6. The average Bonchev–Trinajstić information content (AvgIpc) is 3.66. The second-order valence-electron chi connectivity index (χ2n) is 13.2. The summed E-state index contributed by atoms with van der Waals surface area (Å²) >= 11 is 0. The largest absolute Gasteiger partial charge is 0.393 e. The van der Waals surface area contributed by atoms with E-state index in [2.05, 4.69) is 95.6 Å². The van der Waals surface area contributed by atoms with Crippen molar-refractivity contribution in [1.82, 2.24) is 14.0 Å². The molecular weight excluding hydrogens is 615 g/mol. The third kappa shape index (κ3) is 4.47. The van der Waals surface area contributed by atoms with Gasteiger partial charge in [-0.05, 0) is 93.2 Å². The van der Waals surface area contributed by atoms with Crippen LogP contribution in [0.5, 0.6) is 0 Å². The lowest BCUT2D eigenvalue weighted by Crippen LogP contribution is -2.32. The van der Waals surface area contributed by atoms with E-state index in [0.717, 1.165) is 69.5 Å². The first-order valence-corrected chi connectivity index (χ1v) is 16.4. The van der Waals surface area contributed by atoms with Crippen molar-refractivity contribution in [1.29, 1.82) is 0 Å². The first-order valence-electron chi connectivity index (χ1n) is 17.4. The zero-order chi connectivity index (χ0) is 35.3. The summed E-state index contributed by atoms with van der Waals surface area (Å²) in [4.78, 5) is 5.09. The predicted molar refractivity (Wildman–Crippen MR) is 193 cm³/mol. The lowest BCUT2D eigenvalue weighted by molar-refractivity contribution is -0.213. The van der Waals surface area contributed by atoms with Gasteiger partial charge in [0.25, 0.3) is 0 Å². The van der Waals surface area contributed by atoms with Gasteiger partial charge in [0.2, 0.25) is 5.78 Å². The fourth-order valence-corrected chi connectivity index (χ4v) is 7.28. The minimum absolute atomic E-state index is 0.427. The van der Waals surface area contributed by atoms with Gasteiger partial charge in [-0.25, -0.2) is 4.98 Å². The van der Waals surface area contributed by atoms with Crippen LogP contribution < -0.4 is 0 Å². The Morgan fingerprint density at radius 1 is 0.571 bits per heavy atom. The number of fused-ring (bicyclic) bond motifs is 13. The van der Waals surface area contributed by atoms with Gasteiger partial charge < -0.3 is 0 Å². The van der Waals surface area contributed by atoms with E-state index in [-0.39, 0.29) is 0 Å². The fourth-order valence-electron chi connectivity index (χ4n) is 7.28. The molecule has 0 N–H and O–H groups in total. The van der Waals surface area contributed by atoms with Gasteiger partial charge in [-0.1, -0.05) is 117 Å². The maximum atomic E-state index is 14.0. The number of hydrogen-bond donors (Lipinski definition) is 0. The number of alkyl halides is 3. The number of para-hydroxylation sites is 3. The van der Waals surface area contributed by atoms with E-state index in [1.165, 1.54) is 5.56 Å². The summed E-state index contributed by atoms with van der Waals surface area (Å²) in [6, 6.07) is 45.3. The van der Waals surface area contributed by atoms with Crippen LogP contribution in [0.1, 0.15) is 28.5 Å². The molecule has 0 aliphatic heterocycles. The quantitative estimate of drug-likeness (QED) is 0.186. The molecule has 1 aliphatic rings. The van der Waals surface area contributed by atoms with Crippen LogP contribution in [0.15, 0.2) is 133 Å². The Hall–Kier alpha value is -5.62. The molecule has 49 heavy (non-hydrogen) atoms. The Bertz CT molecular complexity index is 2680. The van der Waals surface area contributed by atoms with E-state index < -0.39 is 24.4 Å². The van der Waals surface area contributed by atoms with Gasteiger partial charge in [-0.15, -0.1) is 0 Å². The summed E-state index contributed by atoms with van der Waals surface area (Å²) in [5, 5.41) is 0. The van der Waals surface area contributed by atoms with Crippen molar-refractivity contribution in [2.75, 3.05) is 0 Å². The molecule has 2 heterocycles. The van der Waals surface area contributed by atoms with Crippen molar-refractivity contribution in [2.45, 2.75) is 32.8 Å². The number of aryl methyl sites for hydroxylation is 1. The summed E-state index contributed by atoms with van der Waals surface area (Å²) < 4.78 is 63.4. The molecule has 0 spiro atoms. The van der Waals surface area contributed by atoms with E-state index in [9.17, 15) is 13.2 Å². The van der Waals surface area contributed by atoms with Crippen molar-refractivity contribution in [2.24, 2.45) is 5.41 Å². The third-order valence-electron chi connectivity index (χ3n) is 9.95. The van der Waals surface area contributed by atoms with E-state index in [0.29, 0.717) is 22.4 Å². The van der Waals surface area contributed by atoms with E-state index in [1.54, 1.807) is 12.1 Å². The Balaban J connectivity index is 1.30. The highest BCUT2D eigenvalue weighted by molar-refractivity contribution is 6.03. The van der Waals surface area contributed by atoms with Crippen LogP contribution in [-0.2, 0) is 6.42 Å². The summed E-state index contributed by atoms with van der Waals surface area (Å²) in [7, 11) is 0. The van der Waals surface area contributed by atoms with Crippen LogP contribution in [-0.4, -0.2) is 20.1 Å². The van der Waals surface area contributed by atoms with E-state index in [1.807, 2.05) is 34.7 Å². The Morgan fingerprint density at radius 3 is 1.63 bits per heavy atom. The molecule has 0 atom stereocenters. The molecule has 2 aromatic heterocycles. The summed E-state index contributed by atoms with van der Waals surface area (Å²) in [6.45, 7) is 1.85. The normalized spacial score (nSPS) is 13.7. The molecule has 0 radical (unpaired) electrons. The lowest BCUT2D eigenvalue weighted by atomic mass is 9.81. The molecule has 0 unspecified atom stereocenters. The van der Waals surface area contributed by atoms with Gasteiger partial charge in [0, 0.05) is 8.43 Å². The predicted octanol–water partition coefficient (Wildman–Crippen LogP) is 11.9. The first-order chi connectivity index (χ1) is 24.5. The highest BCUT2D eigenvalue weighted by Crippen LogP contribution is 2.48. The minimum atomic E-state index is -4.72. The third-order valence-corrected chi connectivity index (χ3v) is 9.95. The van der Waals surface area contributed by atoms with Crippen LogP contribution in [0.4, 0.5) is 13.2 Å². The highest BCUT2D eigenvalue weighted by atomic mass is 19.4. The van der Waals surface area contributed by atoms with E-state index >= 15 is 0 Å². The number of rotatable bonds is 4. The fraction of sp³-hybridized carbons (Fsp3) is 0.140. The molecule has 6 heteroatoms. The van der Waals surface area contributed by atoms with Gasteiger partial charge >= 0.3 is 6.18 Å². The van der Waals surface area contributed by atoms with Crippen molar-refractivity contribution in [3.63, 3.8) is 0 Å². The SMILES string of the molecule is [2H]C([2H])(Cc1cccc2c1nc1n(-c3ccc4c(c3)-c3ccccc3-c3ccccc3-c3ccccc3-4)c3ccccc3n21)C(C)(C)C(F)(F)F. The standard InChI is InChI=1S/C43H32F3N3/c1-42(2,43(44,45)46)25-24-27-12-11-21-39-40(27)47-41-48(37-19-9-10-20-38(37)49(39)41)28-22-23-35-33-17-6-5-15-31(33)29-13-3-4-14-30(29)32-16-7-8-18-34(32)36(35)26-28/h3-23,26H,24-25H2,1-2H3/i25D2. The second kappa shape index (κ2) is 10.7. The van der Waals surface area contributed by atoms with Crippen molar-refractivity contribution >= 4 is 27.8 Å². The van der Waals surface area contributed by atoms with Gasteiger partial charge in [-0.3, -0.25) is 8.97 Å². The molecule has 3 nitrogen and oxygen atoms in total. The number of imidazole rings is 2. The summed E-state index contributed by atoms with van der Waals surface area (Å²) in [6.07, 6.45) is -7.74. The van der Waals surface area contributed by atoms with Crippen molar-refractivity contribution in [3.05, 3.63) is 139 Å². The number of hydrogen-bond acceptors (Lipinski definition) is 1. The molecule has 240 valence electrons. The summed E-state index contributed by atoms with van der Waals surface area (Å²) in [5.74, 6) is 0.596. The van der Waals surface area contributed by atoms with Crippen molar-refractivity contribution < 1.29 is 15.9 Å². The molecule has 0 saturated heterocycles. The monoisotopic (exact) mass is 649 g/mol. The maximum Gasteiger partial charge on any atom is 0.393 e. The van der Waals surface area contributed by atoms with E-state index in [4.69, 9.17) is 7.73 Å². The lowest BCUT2D eigenvalue weighted by Gasteiger charge is -2.27. The Kier molecular flexibility index (Phi) is 5.97. The van der Waals surface area contributed by atoms with Crippen LogP contribution in [0.2, 0.25) is 0 Å². The molecule has 6 aromatic carbocycles. The summed E-state index contributed by atoms with van der Waals surface area (Å²) in [5.41, 5.74) is 10.8. The second-order valence-corrected chi connectivity index (χ2v) is 13.2. The zero-order valence-electron chi connectivity index (χ0n) is 28.9. The molecule has 0 amide bonds. The van der Waals surface area contributed by atoms with Gasteiger partial charge in [-0.2, -0.15) is 13.2 Å². The molecule has 1 aliphatic carbocycles. The zero-order valence-corrected chi connectivity index (χ0v) is 26.9. The topological polar surface area (TPSA) is 22.2 Å². The molecule has 0 saturated carbocycles. The molecule has 0 fully saturated rings. The number of aromatic nitrogens is 3. The van der Waals surface area contributed by atoms with Crippen LogP contribution in [0, 0.1) is 5.41 Å². The highest BCUT2D eigenvalue weighted by Gasteiger charge is 2.46. The average molecular weight is 650 g/mol. The molecular formula is C43H32F3N3. The van der Waals surface area contributed by atoms with Crippen LogP contribution >= 0.6 is 0 Å². The van der Waals surface area contributed by atoms with Gasteiger partial charge in [0.15, 0.2) is 0 Å². The Labute approximate surface area is 284 Å². The smallest absolute Gasteiger partial charge is 0.278 e. The number of nitrogens with zero attached hydrogens (tertiary/aromatic N) is 3.